The van der Waals surface area contributed by atoms with E-state index in [2.05, 4.69) is 0 Å². The Hall–Kier alpha value is -0.160. The fourth-order valence-electron chi connectivity index (χ4n) is 0.224. The summed E-state index contributed by atoms with van der Waals surface area (Å²) in [4.78, 5) is 0. The summed E-state index contributed by atoms with van der Waals surface area (Å²) in [5, 5.41) is 28.2. The van der Waals surface area contributed by atoms with E-state index in [0.29, 0.717) is 0 Å². The molecule has 0 saturated heterocycles. The summed E-state index contributed by atoms with van der Waals surface area (Å²) in [6, 6.07) is 0. The molecule has 0 spiro atoms. The summed E-state index contributed by atoms with van der Waals surface area (Å²) in [6.07, 6.45) is 1.44. The Morgan fingerprint density at radius 2 is 1.00 bits per heavy atom. The molecule has 0 bridgehead atoms. The van der Waals surface area contributed by atoms with Crippen LogP contribution < -0.4 is 0 Å². The Balaban J connectivity index is 0. The third-order valence-corrected chi connectivity index (χ3v) is 0.566. The second-order valence-corrected chi connectivity index (χ2v) is 1.15. The van der Waals surface area contributed by atoms with Gasteiger partial charge in [-0.25, -0.2) is 0 Å². The molecule has 0 saturated carbocycles. The van der Waals surface area contributed by atoms with Crippen LogP contribution in [0.4, 0.5) is 0 Å². The highest BCUT2D eigenvalue weighted by Crippen LogP contribution is 1.80. The molecule has 8 heavy (non-hydrogen) atoms. The molecule has 0 atom stereocenters. The molecule has 0 aliphatic rings. The van der Waals surface area contributed by atoms with E-state index in [1.54, 1.807) is 0 Å². The Morgan fingerprint density at radius 1 is 0.750 bits per heavy atom. The van der Waals surface area contributed by atoms with E-state index < -0.39 is 0 Å². The lowest BCUT2D eigenvalue weighted by Gasteiger charge is -1.85. The first-order valence-corrected chi connectivity index (χ1v) is 2.33. The number of hydrogen-bond acceptors (Lipinski definition) is 4. The van der Waals surface area contributed by atoms with Crippen molar-refractivity contribution in [1.82, 2.24) is 0 Å². The molecular weight excluding hydrogens is 112 g/mol. The highest BCUT2D eigenvalue weighted by atomic mass is 17.0. The molecular formula is C4H12O4. The van der Waals surface area contributed by atoms with E-state index in [0.717, 1.165) is 12.8 Å². The SMILES string of the molecule is OCCCCO.OO. The van der Waals surface area contributed by atoms with Crippen molar-refractivity contribution >= 4 is 0 Å². The first kappa shape index (κ1) is 10.8. The second-order valence-electron chi connectivity index (χ2n) is 1.15. The minimum atomic E-state index is 0.195. The van der Waals surface area contributed by atoms with Crippen LogP contribution in [0, 0.1) is 0 Å². The largest absolute Gasteiger partial charge is 0.396 e. The van der Waals surface area contributed by atoms with Gasteiger partial charge in [-0.15, -0.1) is 0 Å². The average Bonchev–Trinajstić information content (AvgIpc) is 1.88. The quantitative estimate of drug-likeness (QED) is 0.238. The average molecular weight is 124 g/mol. The van der Waals surface area contributed by atoms with E-state index in [4.69, 9.17) is 20.7 Å². The molecule has 4 N–H and O–H groups in total. The maximum absolute atomic E-state index is 8.09. The molecule has 0 aliphatic carbocycles. The maximum Gasteiger partial charge on any atom is 0.0431 e. The topological polar surface area (TPSA) is 80.9 Å². The Bertz CT molecular complexity index is 20.0. The lowest BCUT2D eigenvalue weighted by molar-refractivity contribution is -0.176. The van der Waals surface area contributed by atoms with Crippen molar-refractivity contribution in [2.24, 2.45) is 0 Å². The van der Waals surface area contributed by atoms with Crippen molar-refractivity contribution in [3.8, 4) is 0 Å². The second kappa shape index (κ2) is 15.8. The highest BCUT2D eigenvalue weighted by molar-refractivity contribution is 4.30. The van der Waals surface area contributed by atoms with Crippen molar-refractivity contribution in [1.29, 1.82) is 0 Å². The number of aliphatic hydroxyl groups excluding tert-OH is 2. The standard InChI is InChI=1S/C4H10O2.H2O2/c5-3-1-2-4-6;1-2/h5-6H,1-4H2;1-2H. The summed E-state index contributed by atoms with van der Waals surface area (Å²) in [5.74, 6) is 0. The van der Waals surface area contributed by atoms with Gasteiger partial charge in [0.2, 0.25) is 0 Å². The molecule has 0 radical (unpaired) electrons. The van der Waals surface area contributed by atoms with Crippen molar-refractivity contribution in [2.75, 3.05) is 13.2 Å². The molecule has 4 heteroatoms. The predicted molar refractivity (Wildman–Crippen MR) is 28.7 cm³/mol. The van der Waals surface area contributed by atoms with Crippen molar-refractivity contribution < 1.29 is 20.7 Å². The number of rotatable bonds is 3. The molecule has 0 aromatic rings. The lowest BCUT2D eigenvalue weighted by atomic mass is 10.3. The monoisotopic (exact) mass is 124 g/mol. The van der Waals surface area contributed by atoms with Crippen molar-refractivity contribution in [2.45, 2.75) is 12.8 Å². The lowest BCUT2D eigenvalue weighted by Crippen LogP contribution is -1.85. The molecule has 0 rings (SSSR count). The Labute approximate surface area is 47.9 Å². The van der Waals surface area contributed by atoms with Gasteiger partial charge in [0.15, 0.2) is 0 Å². The van der Waals surface area contributed by atoms with Gasteiger partial charge in [-0.1, -0.05) is 0 Å². The first-order chi connectivity index (χ1) is 3.91. The van der Waals surface area contributed by atoms with Crippen molar-refractivity contribution in [3.05, 3.63) is 0 Å². The number of hydrogen-bond donors (Lipinski definition) is 4. The van der Waals surface area contributed by atoms with E-state index in [1.807, 2.05) is 0 Å². The molecule has 0 aromatic carbocycles. The molecule has 0 fully saturated rings. The third kappa shape index (κ3) is 17.0. The highest BCUT2D eigenvalue weighted by Gasteiger charge is 1.77. The van der Waals surface area contributed by atoms with Crippen LogP contribution in [0.25, 0.3) is 0 Å². The molecule has 52 valence electrons. The zero-order valence-corrected chi connectivity index (χ0v) is 4.62. The van der Waals surface area contributed by atoms with Crippen LogP contribution in [-0.2, 0) is 0 Å². The van der Waals surface area contributed by atoms with Gasteiger partial charge in [-0.05, 0) is 12.8 Å². The minimum Gasteiger partial charge on any atom is -0.396 e. The van der Waals surface area contributed by atoms with Gasteiger partial charge in [0.25, 0.3) is 0 Å². The summed E-state index contributed by atoms with van der Waals surface area (Å²) < 4.78 is 0. The zero-order chi connectivity index (χ0) is 6.83. The van der Waals surface area contributed by atoms with E-state index in [1.165, 1.54) is 0 Å². The number of unbranched alkanes of at least 4 members (excludes halogenated alkanes) is 1. The number of aliphatic hydroxyl groups is 2. The minimum absolute atomic E-state index is 0.195. The van der Waals surface area contributed by atoms with Crippen LogP contribution >= 0.6 is 0 Å². The van der Waals surface area contributed by atoms with Gasteiger partial charge < -0.3 is 10.2 Å². The van der Waals surface area contributed by atoms with Gasteiger partial charge >= 0.3 is 0 Å². The van der Waals surface area contributed by atoms with Gasteiger partial charge in [0.1, 0.15) is 0 Å². The fraction of sp³-hybridized carbons (Fsp3) is 1.00. The first-order valence-electron chi connectivity index (χ1n) is 2.33. The van der Waals surface area contributed by atoms with Gasteiger partial charge in [0.05, 0.1) is 0 Å². The van der Waals surface area contributed by atoms with Crippen LogP contribution in [0.3, 0.4) is 0 Å². The summed E-state index contributed by atoms with van der Waals surface area (Å²) in [6.45, 7) is 0.390. The normalized spacial score (nSPS) is 7.50. The molecule has 0 heterocycles. The van der Waals surface area contributed by atoms with Gasteiger partial charge in [0, 0.05) is 13.2 Å². The zero-order valence-electron chi connectivity index (χ0n) is 4.62. The Kier molecular flexibility index (Phi) is 21.3. The molecule has 0 aliphatic heterocycles. The Morgan fingerprint density at radius 3 is 1.12 bits per heavy atom. The van der Waals surface area contributed by atoms with Gasteiger partial charge in [-0.3, -0.25) is 10.5 Å². The third-order valence-electron chi connectivity index (χ3n) is 0.566. The molecule has 0 aromatic heterocycles. The predicted octanol–water partition coefficient (Wildman–Crippen LogP) is -0.231. The summed E-state index contributed by atoms with van der Waals surface area (Å²) in [5.41, 5.74) is 0. The van der Waals surface area contributed by atoms with Crippen LogP contribution in [0.5, 0.6) is 0 Å². The molecule has 0 amide bonds. The van der Waals surface area contributed by atoms with Crippen LogP contribution in [-0.4, -0.2) is 33.9 Å². The van der Waals surface area contributed by atoms with E-state index in [-0.39, 0.29) is 13.2 Å². The van der Waals surface area contributed by atoms with Crippen LogP contribution in [0.15, 0.2) is 0 Å². The summed E-state index contributed by atoms with van der Waals surface area (Å²) in [7, 11) is 0. The molecule has 4 nitrogen and oxygen atoms in total. The van der Waals surface area contributed by atoms with Crippen molar-refractivity contribution in [3.63, 3.8) is 0 Å². The maximum atomic E-state index is 8.09. The van der Waals surface area contributed by atoms with Crippen LogP contribution in [0.2, 0.25) is 0 Å². The van der Waals surface area contributed by atoms with E-state index in [9.17, 15) is 0 Å². The van der Waals surface area contributed by atoms with E-state index >= 15 is 0 Å². The molecule has 0 unspecified atom stereocenters. The van der Waals surface area contributed by atoms with Gasteiger partial charge in [-0.2, -0.15) is 0 Å². The summed E-state index contributed by atoms with van der Waals surface area (Å²) >= 11 is 0. The fourth-order valence-corrected chi connectivity index (χ4v) is 0.224. The van der Waals surface area contributed by atoms with Crippen LogP contribution in [0.1, 0.15) is 12.8 Å². The smallest absolute Gasteiger partial charge is 0.0431 e.